The SMILES string of the molecule is CC1(c2ccc3ccccc3c2)CN=C(N)N1C1CC1. The van der Waals surface area contributed by atoms with Crippen molar-refractivity contribution in [3.63, 3.8) is 0 Å². The number of hydrogen-bond acceptors (Lipinski definition) is 3. The molecule has 0 bridgehead atoms. The Kier molecular flexibility index (Phi) is 2.34. The number of guanidine groups is 1. The molecule has 0 aromatic heterocycles. The van der Waals surface area contributed by atoms with Crippen molar-refractivity contribution in [2.24, 2.45) is 10.7 Å². The lowest BCUT2D eigenvalue weighted by atomic mass is 9.89. The Morgan fingerprint density at radius 3 is 2.65 bits per heavy atom. The predicted molar refractivity (Wildman–Crippen MR) is 82.7 cm³/mol. The van der Waals surface area contributed by atoms with E-state index < -0.39 is 0 Å². The van der Waals surface area contributed by atoms with Gasteiger partial charge in [0, 0.05) is 6.04 Å². The number of nitrogens with zero attached hydrogens (tertiary/aromatic N) is 2. The van der Waals surface area contributed by atoms with E-state index in [9.17, 15) is 0 Å². The maximum atomic E-state index is 6.12. The summed E-state index contributed by atoms with van der Waals surface area (Å²) in [7, 11) is 0. The van der Waals surface area contributed by atoms with Crippen LogP contribution >= 0.6 is 0 Å². The van der Waals surface area contributed by atoms with Crippen LogP contribution in [0.3, 0.4) is 0 Å². The first-order valence-corrected chi connectivity index (χ1v) is 7.27. The van der Waals surface area contributed by atoms with Gasteiger partial charge in [-0.05, 0) is 42.2 Å². The molecule has 3 nitrogen and oxygen atoms in total. The highest BCUT2D eigenvalue weighted by atomic mass is 15.4. The number of hydrogen-bond donors (Lipinski definition) is 1. The maximum absolute atomic E-state index is 6.12. The molecule has 2 aliphatic rings. The van der Waals surface area contributed by atoms with Crippen molar-refractivity contribution in [2.75, 3.05) is 6.54 Å². The molecule has 2 aromatic carbocycles. The first-order chi connectivity index (χ1) is 9.68. The summed E-state index contributed by atoms with van der Waals surface area (Å²) < 4.78 is 0. The summed E-state index contributed by atoms with van der Waals surface area (Å²) in [4.78, 5) is 6.84. The Bertz CT molecular complexity index is 702. The second-order valence-electron chi connectivity index (χ2n) is 6.11. The summed E-state index contributed by atoms with van der Waals surface area (Å²) in [5, 5.41) is 2.57. The number of nitrogens with two attached hydrogens (primary N) is 1. The summed E-state index contributed by atoms with van der Waals surface area (Å²) in [6, 6.07) is 15.8. The Labute approximate surface area is 119 Å². The molecule has 2 N–H and O–H groups in total. The molecule has 102 valence electrons. The van der Waals surface area contributed by atoms with Gasteiger partial charge in [-0.2, -0.15) is 0 Å². The molecule has 0 amide bonds. The van der Waals surface area contributed by atoms with E-state index in [-0.39, 0.29) is 5.54 Å². The zero-order chi connectivity index (χ0) is 13.7. The van der Waals surface area contributed by atoms with E-state index in [0.717, 1.165) is 6.54 Å². The Balaban J connectivity index is 1.81. The van der Waals surface area contributed by atoms with Crippen molar-refractivity contribution >= 4 is 16.7 Å². The van der Waals surface area contributed by atoms with Crippen LogP contribution in [0.2, 0.25) is 0 Å². The van der Waals surface area contributed by atoms with E-state index in [0.29, 0.717) is 12.0 Å². The van der Waals surface area contributed by atoms with Gasteiger partial charge in [-0.3, -0.25) is 4.99 Å². The van der Waals surface area contributed by atoms with Gasteiger partial charge in [-0.25, -0.2) is 0 Å². The molecule has 0 saturated heterocycles. The molecule has 2 aromatic rings. The summed E-state index contributed by atoms with van der Waals surface area (Å²) >= 11 is 0. The van der Waals surface area contributed by atoms with E-state index in [1.165, 1.54) is 29.2 Å². The molecule has 0 radical (unpaired) electrons. The molecular weight excluding hydrogens is 246 g/mol. The molecule has 20 heavy (non-hydrogen) atoms. The highest BCUT2D eigenvalue weighted by molar-refractivity contribution is 5.85. The fourth-order valence-corrected chi connectivity index (χ4v) is 3.32. The number of rotatable bonds is 2. The summed E-state index contributed by atoms with van der Waals surface area (Å²) in [5.74, 6) is 0.711. The van der Waals surface area contributed by atoms with Gasteiger partial charge in [-0.15, -0.1) is 0 Å². The van der Waals surface area contributed by atoms with Crippen LogP contribution < -0.4 is 5.73 Å². The Morgan fingerprint density at radius 1 is 1.15 bits per heavy atom. The maximum Gasteiger partial charge on any atom is 0.192 e. The molecular formula is C17H19N3. The highest BCUT2D eigenvalue weighted by Crippen LogP contribution is 2.41. The quantitative estimate of drug-likeness (QED) is 0.907. The van der Waals surface area contributed by atoms with Crippen LogP contribution in [0.25, 0.3) is 10.8 Å². The van der Waals surface area contributed by atoms with Crippen molar-refractivity contribution in [3.8, 4) is 0 Å². The molecule has 1 aliphatic carbocycles. The lowest BCUT2D eigenvalue weighted by Gasteiger charge is -2.37. The van der Waals surface area contributed by atoms with Crippen molar-refractivity contribution in [1.82, 2.24) is 4.90 Å². The Morgan fingerprint density at radius 2 is 1.90 bits per heavy atom. The van der Waals surface area contributed by atoms with E-state index in [4.69, 9.17) is 5.73 Å². The lowest BCUT2D eigenvalue weighted by molar-refractivity contribution is 0.216. The minimum atomic E-state index is -0.0880. The van der Waals surface area contributed by atoms with Crippen molar-refractivity contribution < 1.29 is 0 Å². The van der Waals surface area contributed by atoms with Gasteiger partial charge >= 0.3 is 0 Å². The van der Waals surface area contributed by atoms with Crippen molar-refractivity contribution in [1.29, 1.82) is 0 Å². The zero-order valence-electron chi connectivity index (χ0n) is 11.7. The van der Waals surface area contributed by atoms with Crippen LogP contribution in [-0.2, 0) is 5.54 Å². The summed E-state index contributed by atoms with van der Waals surface area (Å²) in [6.45, 7) is 3.02. The predicted octanol–water partition coefficient (Wildman–Crippen LogP) is 2.85. The number of aliphatic imine (C=N–C) groups is 1. The fraction of sp³-hybridized carbons (Fsp3) is 0.353. The second-order valence-corrected chi connectivity index (χ2v) is 6.11. The molecule has 4 rings (SSSR count). The van der Waals surface area contributed by atoms with Gasteiger partial charge in [0.1, 0.15) is 0 Å². The Hall–Kier alpha value is -2.03. The standard InChI is InChI=1S/C17H19N3/c1-17(11-19-16(18)20(17)15-8-9-15)14-7-6-12-4-2-3-5-13(12)10-14/h2-7,10,15H,8-9,11H2,1H3,(H2,18,19). The second kappa shape index (κ2) is 3.98. The van der Waals surface area contributed by atoms with Crippen LogP contribution in [0.1, 0.15) is 25.3 Å². The molecule has 1 saturated carbocycles. The summed E-state index contributed by atoms with van der Waals surface area (Å²) in [6.07, 6.45) is 2.47. The van der Waals surface area contributed by atoms with Gasteiger partial charge in [0.15, 0.2) is 5.96 Å². The minimum Gasteiger partial charge on any atom is -0.370 e. The minimum absolute atomic E-state index is 0.0880. The lowest BCUT2D eigenvalue weighted by Crippen LogP contribution is -2.48. The molecule has 1 atom stereocenters. The van der Waals surface area contributed by atoms with Crippen molar-refractivity contribution in [3.05, 3.63) is 48.0 Å². The van der Waals surface area contributed by atoms with Crippen LogP contribution in [0.5, 0.6) is 0 Å². The van der Waals surface area contributed by atoms with Gasteiger partial charge in [0.05, 0.1) is 12.1 Å². The van der Waals surface area contributed by atoms with E-state index in [1.54, 1.807) is 0 Å². The first kappa shape index (κ1) is 11.8. The third-order valence-corrected chi connectivity index (χ3v) is 4.61. The van der Waals surface area contributed by atoms with Crippen LogP contribution in [0.4, 0.5) is 0 Å². The van der Waals surface area contributed by atoms with E-state index in [1.807, 2.05) is 0 Å². The number of fused-ring (bicyclic) bond motifs is 1. The average Bonchev–Trinajstić information content (AvgIpc) is 3.25. The van der Waals surface area contributed by atoms with Gasteiger partial charge in [-0.1, -0.05) is 36.4 Å². The molecule has 1 unspecified atom stereocenters. The first-order valence-electron chi connectivity index (χ1n) is 7.27. The van der Waals surface area contributed by atoms with Crippen LogP contribution in [-0.4, -0.2) is 23.4 Å². The van der Waals surface area contributed by atoms with Crippen LogP contribution in [0, 0.1) is 0 Å². The highest BCUT2D eigenvalue weighted by Gasteiger charge is 2.46. The molecule has 0 spiro atoms. The average molecular weight is 265 g/mol. The topological polar surface area (TPSA) is 41.6 Å². The molecule has 3 heteroatoms. The number of benzene rings is 2. The molecule has 1 aliphatic heterocycles. The zero-order valence-corrected chi connectivity index (χ0v) is 11.7. The largest absolute Gasteiger partial charge is 0.370 e. The van der Waals surface area contributed by atoms with Gasteiger partial charge in [0.25, 0.3) is 0 Å². The van der Waals surface area contributed by atoms with Gasteiger partial charge < -0.3 is 10.6 Å². The summed E-state index contributed by atoms with van der Waals surface area (Å²) in [5.41, 5.74) is 7.35. The third-order valence-electron chi connectivity index (χ3n) is 4.61. The van der Waals surface area contributed by atoms with Crippen LogP contribution in [0.15, 0.2) is 47.5 Å². The molecule has 1 heterocycles. The van der Waals surface area contributed by atoms with Crippen molar-refractivity contribution in [2.45, 2.75) is 31.3 Å². The van der Waals surface area contributed by atoms with E-state index >= 15 is 0 Å². The monoisotopic (exact) mass is 265 g/mol. The molecule has 1 fully saturated rings. The third kappa shape index (κ3) is 1.62. The van der Waals surface area contributed by atoms with Gasteiger partial charge in [0.2, 0.25) is 0 Å². The van der Waals surface area contributed by atoms with E-state index in [2.05, 4.69) is 59.3 Å². The smallest absolute Gasteiger partial charge is 0.192 e. The normalized spacial score (nSPS) is 26.1. The fourth-order valence-electron chi connectivity index (χ4n) is 3.32.